The molecule has 4 nitrogen and oxygen atoms in total. The molecule has 104 valence electrons. The lowest BCUT2D eigenvalue weighted by molar-refractivity contribution is -0.286. The van der Waals surface area contributed by atoms with Crippen LogP contribution in [0.1, 0.15) is 0 Å². The van der Waals surface area contributed by atoms with Gasteiger partial charge in [0.2, 0.25) is 0 Å². The minimum absolute atomic E-state index is 0.00960. The zero-order valence-electron chi connectivity index (χ0n) is 9.99. The third-order valence-electron chi connectivity index (χ3n) is 2.69. The van der Waals surface area contributed by atoms with Gasteiger partial charge in [-0.05, 0) is 30.3 Å². The van der Waals surface area contributed by atoms with Crippen LogP contribution in [-0.2, 0) is 0 Å². The predicted octanol–water partition coefficient (Wildman–Crippen LogP) is 3.99. The Hall–Kier alpha value is -2.21. The van der Waals surface area contributed by atoms with Gasteiger partial charge in [0.1, 0.15) is 0 Å². The van der Waals surface area contributed by atoms with E-state index in [2.05, 4.69) is 14.8 Å². The van der Waals surface area contributed by atoms with E-state index in [-0.39, 0.29) is 11.5 Å². The number of nitrogens with one attached hydrogen (secondary N) is 1. The summed E-state index contributed by atoms with van der Waals surface area (Å²) in [5.41, 5.74) is 7.40. The van der Waals surface area contributed by atoms with Gasteiger partial charge in [0.05, 0.1) is 11.4 Å². The first-order valence-corrected chi connectivity index (χ1v) is 6.03. The molecule has 0 fully saturated rings. The molecule has 0 amide bonds. The van der Waals surface area contributed by atoms with Crippen molar-refractivity contribution in [3.63, 3.8) is 0 Å². The highest BCUT2D eigenvalue weighted by atomic mass is 35.5. The summed E-state index contributed by atoms with van der Waals surface area (Å²) in [6, 6.07) is 9.33. The highest BCUT2D eigenvalue weighted by molar-refractivity contribution is 6.31. The van der Waals surface area contributed by atoms with E-state index in [0.717, 1.165) is 0 Å². The van der Waals surface area contributed by atoms with Crippen LogP contribution >= 0.6 is 11.6 Å². The standard InChI is InChI=1S/C13H9ClF2N2O2/c14-7-1-3-10(9(17)5-7)18-8-2-4-11-12(6-8)20-13(15,16)19-11/h1-6,18H,17H2. The van der Waals surface area contributed by atoms with Crippen LogP contribution < -0.4 is 20.5 Å². The van der Waals surface area contributed by atoms with Gasteiger partial charge in [-0.3, -0.25) is 0 Å². The summed E-state index contributed by atoms with van der Waals surface area (Å²) in [6.45, 7) is 0. The Kier molecular flexibility index (Phi) is 2.83. The van der Waals surface area contributed by atoms with Crippen LogP contribution in [-0.4, -0.2) is 6.29 Å². The fourth-order valence-corrected chi connectivity index (χ4v) is 2.01. The first kappa shape index (κ1) is 12.8. The fraction of sp³-hybridized carbons (Fsp3) is 0.0769. The van der Waals surface area contributed by atoms with Crippen molar-refractivity contribution in [1.29, 1.82) is 0 Å². The second-order valence-electron chi connectivity index (χ2n) is 4.19. The molecule has 7 heteroatoms. The maximum atomic E-state index is 12.9. The number of ether oxygens (including phenoxy) is 2. The highest BCUT2D eigenvalue weighted by Gasteiger charge is 2.43. The molecule has 0 radical (unpaired) electrons. The third kappa shape index (κ3) is 2.42. The van der Waals surface area contributed by atoms with Crippen LogP contribution in [0.25, 0.3) is 0 Å². The molecule has 0 atom stereocenters. The van der Waals surface area contributed by atoms with Crippen LogP contribution in [0.2, 0.25) is 5.02 Å². The van der Waals surface area contributed by atoms with Gasteiger partial charge in [-0.25, -0.2) is 0 Å². The molecule has 1 heterocycles. The molecule has 0 aliphatic carbocycles. The maximum absolute atomic E-state index is 12.9. The molecule has 3 rings (SSSR count). The SMILES string of the molecule is Nc1cc(Cl)ccc1Nc1ccc2c(c1)OC(F)(F)O2. The zero-order valence-corrected chi connectivity index (χ0v) is 10.7. The number of alkyl halides is 2. The van der Waals surface area contributed by atoms with Crippen LogP contribution in [0, 0.1) is 0 Å². The van der Waals surface area contributed by atoms with Crippen LogP contribution in [0.4, 0.5) is 25.8 Å². The average molecular weight is 299 g/mol. The Labute approximate surface area is 118 Å². The van der Waals surface area contributed by atoms with E-state index >= 15 is 0 Å². The largest absolute Gasteiger partial charge is 0.586 e. The van der Waals surface area contributed by atoms with Crippen molar-refractivity contribution in [3.8, 4) is 11.5 Å². The van der Waals surface area contributed by atoms with Crippen molar-refractivity contribution in [2.24, 2.45) is 0 Å². The van der Waals surface area contributed by atoms with Crippen molar-refractivity contribution < 1.29 is 18.3 Å². The number of anilines is 3. The molecule has 1 aliphatic heterocycles. The molecule has 0 bridgehead atoms. The Balaban J connectivity index is 1.86. The van der Waals surface area contributed by atoms with Gasteiger partial charge in [-0.1, -0.05) is 11.6 Å². The number of hydrogen-bond acceptors (Lipinski definition) is 4. The summed E-state index contributed by atoms with van der Waals surface area (Å²) in [7, 11) is 0. The van der Waals surface area contributed by atoms with Gasteiger partial charge < -0.3 is 20.5 Å². The predicted molar refractivity (Wildman–Crippen MR) is 71.8 cm³/mol. The quantitative estimate of drug-likeness (QED) is 0.823. The van der Waals surface area contributed by atoms with Crippen molar-refractivity contribution in [3.05, 3.63) is 41.4 Å². The second kappa shape index (κ2) is 4.42. The second-order valence-corrected chi connectivity index (χ2v) is 4.62. The van der Waals surface area contributed by atoms with Crippen LogP contribution in [0.5, 0.6) is 11.5 Å². The third-order valence-corrected chi connectivity index (χ3v) is 2.93. The lowest BCUT2D eigenvalue weighted by Gasteiger charge is -2.10. The molecule has 0 spiro atoms. The van der Waals surface area contributed by atoms with Gasteiger partial charge in [0.25, 0.3) is 0 Å². The summed E-state index contributed by atoms with van der Waals surface area (Å²) in [6.07, 6.45) is -3.62. The Bertz CT molecular complexity index is 679. The van der Waals surface area contributed by atoms with Crippen molar-refractivity contribution >= 4 is 28.7 Å². The number of nitrogen functional groups attached to an aromatic ring is 1. The topological polar surface area (TPSA) is 56.5 Å². The number of nitrogens with two attached hydrogens (primary N) is 1. The number of hydrogen-bond donors (Lipinski definition) is 2. The lowest BCUT2D eigenvalue weighted by Crippen LogP contribution is -2.25. The van der Waals surface area contributed by atoms with E-state index in [9.17, 15) is 8.78 Å². The van der Waals surface area contributed by atoms with E-state index in [0.29, 0.717) is 22.1 Å². The summed E-state index contributed by atoms with van der Waals surface area (Å²) in [4.78, 5) is 0. The van der Waals surface area contributed by atoms with Gasteiger partial charge in [0, 0.05) is 16.8 Å². The van der Waals surface area contributed by atoms with E-state index in [1.165, 1.54) is 12.1 Å². The van der Waals surface area contributed by atoms with E-state index in [1.54, 1.807) is 24.3 Å². The molecule has 0 saturated carbocycles. The molecule has 1 aliphatic rings. The molecular weight excluding hydrogens is 290 g/mol. The van der Waals surface area contributed by atoms with E-state index in [4.69, 9.17) is 17.3 Å². The number of fused-ring (bicyclic) bond motifs is 1. The number of benzene rings is 2. The Morgan fingerprint density at radius 2 is 1.80 bits per heavy atom. The van der Waals surface area contributed by atoms with Crippen molar-refractivity contribution in [1.82, 2.24) is 0 Å². The average Bonchev–Trinajstić information content (AvgIpc) is 2.66. The molecule has 2 aromatic rings. The summed E-state index contributed by atoms with van der Waals surface area (Å²) in [5, 5.41) is 3.50. The number of rotatable bonds is 2. The van der Waals surface area contributed by atoms with Gasteiger partial charge in [-0.2, -0.15) is 0 Å². The van der Waals surface area contributed by atoms with Gasteiger partial charge in [0.15, 0.2) is 11.5 Å². The fourth-order valence-electron chi connectivity index (χ4n) is 1.83. The van der Waals surface area contributed by atoms with Crippen LogP contribution in [0.15, 0.2) is 36.4 Å². The highest BCUT2D eigenvalue weighted by Crippen LogP contribution is 2.42. The molecule has 0 saturated heterocycles. The summed E-state index contributed by atoms with van der Waals surface area (Å²) in [5.74, 6) is -0.0443. The van der Waals surface area contributed by atoms with E-state index in [1.807, 2.05) is 0 Å². The molecule has 2 aromatic carbocycles. The summed E-state index contributed by atoms with van der Waals surface area (Å²) < 4.78 is 34.5. The first-order valence-electron chi connectivity index (χ1n) is 5.65. The number of halogens is 3. The van der Waals surface area contributed by atoms with Gasteiger partial charge >= 0.3 is 6.29 Å². The van der Waals surface area contributed by atoms with E-state index < -0.39 is 6.29 Å². The maximum Gasteiger partial charge on any atom is 0.586 e. The monoisotopic (exact) mass is 298 g/mol. The molecular formula is C13H9ClF2N2O2. The molecule has 0 unspecified atom stereocenters. The van der Waals surface area contributed by atoms with Crippen LogP contribution in [0.3, 0.4) is 0 Å². The summed E-state index contributed by atoms with van der Waals surface area (Å²) >= 11 is 5.80. The van der Waals surface area contributed by atoms with Gasteiger partial charge in [-0.15, -0.1) is 8.78 Å². The molecule has 3 N–H and O–H groups in total. The normalized spacial score (nSPS) is 15.2. The smallest absolute Gasteiger partial charge is 0.397 e. The van der Waals surface area contributed by atoms with Crippen molar-refractivity contribution in [2.45, 2.75) is 6.29 Å². The lowest BCUT2D eigenvalue weighted by atomic mass is 10.2. The minimum atomic E-state index is -3.62. The zero-order chi connectivity index (χ0) is 14.3. The minimum Gasteiger partial charge on any atom is -0.397 e. The molecule has 20 heavy (non-hydrogen) atoms. The first-order chi connectivity index (χ1) is 9.43. The molecule has 0 aromatic heterocycles. The Morgan fingerprint density at radius 1 is 1.05 bits per heavy atom. The Morgan fingerprint density at radius 3 is 2.55 bits per heavy atom. The van der Waals surface area contributed by atoms with Crippen molar-refractivity contribution in [2.75, 3.05) is 11.1 Å².